The van der Waals surface area contributed by atoms with Crippen LogP contribution in [0, 0.1) is 0 Å². The van der Waals surface area contributed by atoms with E-state index >= 15 is 0 Å². The summed E-state index contributed by atoms with van der Waals surface area (Å²) in [4.78, 5) is 12.5. The molecule has 28 heavy (non-hydrogen) atoms. The van der Waals surface area contributed by atoms with Crippen LogP contribution in [-0.4, -0.2) is 55.4 Å². The smallest absolute Gasteiger partial charge is 0.261 e. The van der Waals surface area contributed by atoms with Crippen LogP contribution in [0.4, 0.5) is 5.69 Å². The molecule has 0 radical (unpaired) electrons. The fourth-order valence-corrected chi connectivity index (χ4v) is 3.99. The zero-order valence-electron chi connectivity index (χ0n) is 15.5. The van der Waals surface area contributed by atoms with Crippen molar-refractivity contribution in [1.82, 2.24) is 9.62 Å². The molecule has 11 heteroatoms. The summed E-state index contributed by atoms with van der Waals surface area (Å²) < 4.78 is 58.6. The third-order valence-corrected chi connectivity index (χ3v) is 6.45. The van der Waals surface area contributed by atoms with E-state index in [1.807, 2.05) is 0 Å². The number of carbonyl (C=O) groups excluding carboxylic acids is 1. The zero-order valence-corrected chi connectivity index (χ0v) is 17.2. The molecule has 0 saturated heterocycles. The van der Waals surface area contributed by atoms with Crippen molar-refractivity contribution in [3.05, 3.63) is 48.5 Å². The molecule has 0 aromatic heterocycles. The number of rotatable bonds is 8. The van der Waals surface area contributed by atoms with Crippen LogP contribution in [0.1, 0.15) is 0 Å². The van der Waals surface area contributed by atoms with Crippen LogP contribution in [0.5, 0.6) is 5.75 Å². The van der Waals surface area contributed by atoms with E-state index in [0.29, 0.717) is 5.75 Å². The average Bonchev–Trinajstić information content (AvgIpc) is 2.67. The highest BCUT2D eigenvalue weighted by Gasteiger charge is 2.18. The van der Waals surface area contributed by atoms with Crippen LogP contribution < -0.4 is 14.2 Å². The Bertz CT molecular complexity index is 1050. The molecule has 0 aliphatic rings. The molecule has 2 N–H and O–H groups in total. The first kappa shape index (κ1) is 21.7. The number of sulfonamides is 2. The third-order valence-electron chi connectivity index (χ3n) is 3.66. The van der Waals surface area contributed by atoms with Gasteiger partial charge in [0.1, 0.15) is 5.75 Å². The van der Waals surface area contributed by atoms with Gasteiger partial charge in [0.25, 0.3) is 15.9 Å². The summed E-state index contributed by atoms with van der Waals surface area (Å²) in [5.74, 6) is 0.196. The lowest BCUT2D eigenvalue weighted by molar-refractivity contribution is -0.130. The second kappa shape index (κ2) is 8.59. The Hall–Kier alpha value is -2.63. The molecule has 9 nitrogen and oxygen atoms in total. The van der Waals surface area contributed by atoms with Crippen LogP contribution in [0.25, 0.3) is 0 Å². The highest BCUT2D eigenvalue weighted by atomic mass is 32.2. The molecule has 0 spiro atoms. The maximum absolute atomic E-state index is 12.5. The van der Waals surface area contributed by atoms with E-state index in [-0.39, 0.29) is 28.0 Å². The standard InChI is InChI=1S/C17H21N3O6S2/c1-18-27(22,23)15-5-4-6-16(11-15)28(24,25)19-13-7-9-14(10-8-13)26-12-17(21)20(2)3/h4-11,18-19H,12H2,1-3H3. The van der Waals surface area contributed by atoms with Gasteiger partial charge in [-0.25, -0.2) is 21.6 Å². The van der Waals surface area contributed by atoms with Gasteiger partial charge in [-0.1, -0.05) is 6.07 Å². The largest absolute Gasteiger partial charge is 0.484 e. The molecule has 0 saturated carbocycles. The SMILES string of the molecule is CNS(=O)(=O)c1cccc(S(=O)(=O)Nc2ccc(OCC(=O)N(C)C)cc2)c1. The second-order valence-corrected chi connectivity index (χ2v) is 9.46. The summed E-state index contributed by atoms with van der Waals surface area (Å²) in [6.45, 7) is -0.134. The zero-order chi connectivity index (χ0) is 20.9. The van der Waals surface area contributed by atoms with E-state index in [1.165, 1.54) is 54.4 Å². The Labute approximate surface area is 164 Å². The van der Waals surface area contributed by atoms with E-state index in [9.17, 15) is 21.6 Å². The highest BCUT2D eigenvalue weighted by molar-refractivity contribution is 7.93. The summed E-state index contributed by atoms with van der Waals surface area (Å²) in [5.41, 5.74) is 0.258. The predicted molar refractivity (Wildman–Crippen MR) is 104 cm³/mol. The quantitative estimate of drug-likeness (QED) is 0.644. The monoisotopic (exact) mass is 427 g/mol. The topological polar surface area (TPSA) is 122 Å². The highest BCUT2D eigenvalue weighted by Crippen LogP contribution is 2.21. The minimum atomic E-state index is -4.00. The van der Waals surface area contributed by atoms with Crippen molar-refractivity contribution in [3.63, 3.8) is 0 Å². The third kappa shape index (κ3) is 5.44. The number of ether oxygens (including phenoxy) is 1. The molecule has 0 fully saturated rings. The first-order valence-electron chi connectivity index (χ1n) is 8.04. The Morgan fingerprint density at radius 2 is 1.54 bits per heavy atom. The van der Waals surface area contributed by atoms with Gasteiger partial charge in [0.15, 0.2) is 6.61 Å². The predicted octanol–water partition coefficient (Wildman–Crippen LogP) is 0.862. The molecule has 0 aliphatic carbocycles. The van der Waals surface area contributed by atoms with E-state index in [2.05, 4.69) is 9.44 Å². The van der Waals surface area contributed by atoms with E-state index in [1.54, 1.807) is 14.1 Å². The number of likely N-dealkylation sites (N-methyl/N-ethyl adjacent to an activating group) is 1. The average molecular weight is 428 g/mol. The molecule has 2 aromatic rings. The van der Waals surface area contributed by atoms with Crippen LogP contribution in [0.15, 0.2) is 58.3 Å². The number of hydrogen-bond donors (Lipinski definition) is 2. The minimum Gasteiger partial charge on any atom is -0.484 e. The number of nitrogens with zero attached hydrogens (tertiary/aromatic N) is 1. The lowest BCUT2D eigenvalue weighted by Gasteiger charge is -2.12. The molecular weight excluding hydrogens is 406 g/mol. The Morgan fingerprint density at radius 1 is 0.964 bits per heavy atom. The van der Waals surface area contributed by atoms with E-state index in [4.69, 9.17) is 4.74 Å². The lowest BCUT2D eigenvalue weighted by atomic mass is 10.3. The number of amides is 1. The maximum Gasteiger partial charge on any atom is 0.261 e. The van der Waals surface area contributed by atoms with Crippen molar-refractivity contribution in [1.29, 1.82) is 0 Å². The van der Waals surface area contributed by atoms with Crippen LogP contribution >= 0.6 is 0 Å². The number of hydrogen-bond acceptors (Lipinski definition) is 6. The van der Waals surface area contributed by atoms with Crippen molar-refractivity contribution in [3.8, 4) is 5.75 Å². The molecule has 2 aromatic carbocycles. The normalized spacial score (nSPS) is 11.7. The van der Waals surface area contributed by atoms with Gasteiger partial charge in [-0.3, -0.25) is 9.52 Å². The van der Waals surface area contributed by atoms with Crippen molar-refractivity contribution in [2.75, 3.05) is 32.5 Å². The first-order chi connectivity index (χ1) is 13.0. The van der Waals surface area contributed by atoms with Crippen LogP contribution in [0.2, 0.25) is 0 Å². The van der Waals surface area contributed by atoms with Gasteiger partial charge < -0.3 is 9.64 Å². The van der Waals surface area contributed by atoms with Gasteiger partial charge in [-0.2, -0.15) is 0 Å². The fraction of sp³-hybridized carbons (Fsp3) is 0.235. The van der Waals surface area contributed by atoms with Gasteiger partial charge in [-0.15, -0.1) is 0 Å². The number of anilines is 1. The molecule has 2 rings (SSSR count). The number of carbonyl (C=O) groups is 1. The van der Waals surface area contributed by atoms with Crippen molar-refractivity contribution < 1.29 is 26.4 Å². The van der Waals surface area contributed by atoms with Crippen LogP contribution in [-0.2, 0) is 24.8 Å². The van der Waals surface area contributed by atoms with Gasteiger partial charge in [0, 0.05) is 19.8 Å². The summed E-state index contributed by atoms with van der Waals surface area (Å²) in [6, 6.07) is 11.0. The second-order valence-electron chi connectivity index (χ2n) is 5.89. The van der Waals surface area contributed by atoms with Gasteiger partial charge >= 0.3 is 0 Å². The molecular formula is C17H21N3O6S2. The summed E-state index contributed by atoms with van der Waals surface area (Å²) >= 11 is 0. The van der Waals surface area contributed by atoms with Gasteiger partial charge in [0.2, 0.25) is 10.0 Å². The molecule has 0 heterocycles. The molecule has 1 amide bonds. The summed E-state index contributed by atoms with van der Waals surface area (Å²) in [5, 5.41) is 0. The van der Waals surface area contributed by atoms with Gasteiger partial charge in [0.05, 0.1) is 9.79 Å². The number of benzene rings is 2. The van der Waals surface area contributed by atoms with Gasteiger partial charge in [-0.05, 0) is 49.5 Å². The molecule has 0 aliphatic heterocycles. The Morgan fingerprint density at radius 3 is 2.07 bits per heavy atom. The Balaban J connectivity index is 2.14. The molecule has 152 valence electrons. The maximum atomic E-state index is 12.5. The Kier molecular flexibility index (Phi) is 6.65. The summed E-state index contributed by atoms with van der Waals surface area (Å²) in [7, 11) is -3.30. The number of nitrogens with one attached hydrogen (secondary N) is 2. The minimum absolute atomic E-state index is 0.134. The van der Waals surface area contributed by atoms with E-state index < -0.39 is 20.0 Å². The first-order valence-corrected chi connectivity index (χ1v) is 11.0. The van der Waals surface area contributed by atoms with Crippen molar-refractivity contribution in [2.45, 2.75) is 9.79 Å². The van der Waals surface area contributed by atoms with E-state index in [0.717, 1.165) is 6.07 Å². The molecule has 0 unspecified atom stereocenters. The molecule has 0 bridgehead atoms. The van der Waals surface area contributed by atoms with Crippen LogP contribution in [0.3, 0.4) is 0 Å². The van der Waals surface area contributed by atoms with Crippen molar-refractivity contribution in [2.24, 2.45) is 0 Å². The fourth-order valence-electron chi connectivity index (χ4n) is 2.03. The summed E-state index contributed by atoms with van der Waals surface area (Å²) in [6.07, 6.45) is 0. The molecule has 0 atom stereocenters. The lowest BCUT2D eigenvalue weighted by Crippen LogP contribution is -2.27. The van der Waals surface area contributed by atoms with Crippen molar-refractivity contribution >= 4 is 31.6 Å².